The van der Waals surface area contributed by atoms with Crippen molar-refractivity contribution in [3.05, 3.63) is 74.6 Å². The van der Waals surface area contributed by atoms with E-state index in [4.69, 9.17) is 0 Å². The first-order valence-electron chi connectivity index (χ1n) is 7.50. The normalized spacial score (nSPS) is 12.1. The molecule has 0 radical (unpaired) electrons. The molecule has 134 valence electrons. The number of hydrogen-bond donors (Lipinski definition) is 1. The number of benzene rings is 1. The van der Waals surface area contributed by atoms with Crippen LogP contribution in [0.15, 0.2) is 42.7 Å². The molecule has 3 aromatic rings. The predicted molar refractivity (Wildman–Crippen MR) is 95.5 cm³/mol. The first-order chi connectivity index (χ1) is 12.4. The highest BCUT2D eigenvalue weighted by molar-refractivity contribution is 7.80. The van der Waals surface area contributed by atoms with E-state index in [2.05, 4.69) is 22.6 Å². The number of nitrogens with zero attached hydrogens (tertiary/aromatic N) is 6. The van der Waals surface area contributed by atoms with E-state index in [1.54, 1.807) is 30.3 Å². The van der Waals surface area contributed by atoms with Crippen molar-refractivity contribution in [2.45, 2.75) is 11.7 Å². The smallest absolute Gasteiger partial charge is 0.348 e. The maximum Gasteiger partial charge on any atom is 0.348 e. The molecule has 26 heavy (non-hydrogen) atoms. The van der Waals surface area contributed by atoms with Crippen molar-refractivity contribution in [1.82, 2.24) is 19.1 Å². The van der Waals surface area contributed by atoms with E-state index < -0.39 is 15.1 Å². The number of para-hydroxylation sites is 1. The molecule has 0 aliphatic rings. The predicted octanol–water partition coefficient (Wildman–Crippen LogP) is 2.64. The van der Waals surface area contributed by atoms with Gasteiger partial charge in [0, 0.05) is 6.42 Å². The zero-order valence-electron chi connectivity index (χ0n) is 13.6. The highest BCUT2D eigenvalue weighted by Crippen LogP contribution is 2.30. The Kier molecular flexibility index (Phi) is 4.71. The lowest BCUT2D eigenvalue weighted by Gasteiger charge is -2.09. The van der Waals surface area contributed by atoms with Crippen molar-refractivity contribution in [2.75, 3.05) is 0 Å². The third-order valence-electron chi connectivity index (χ3n) is 3.89. The monoisotopic (exact) mass is 374 g/mol. The van der Waals surface area contributed by atoms with Gasteiger partial charge in [-0.3, -0.25) is 0 Å². The molecule has 0 aliphatic heterocycles. The highest BCUT2D eigenvalue weighted by Gasteiger charge is 2.29. The number of rotatable bonds is 6. The SMILES string of the molecule is Cn1c([N+](=O)[O-])cnc1CC(S)c1ncc([N+](=O)[O-])n1-c1ccccc1. The molecule has 0 bridgehead atoms. The van der Waals surface area contributed by atoms with E-state index in [0.717, 1.165) is 0 Å². The minimum atomic E-state index is -0.551. The lowest BCUT2D eigenvalue weighted by Crippen LogP contribution is -2.11. The summed E-state index contributed by atoms with van der Waals surface area (Å²) in [4.78, 5) is 29.5. The summed E-state index contributed by atoms with van der Waals surface area (Å²) in [5.74, 6) is 0.466. The Hall–Kier alpha value is -3.21. The first-order valence-corrected chi connectivity index (χ1v) is 8.02. The van der Waals surface area contributed by atoms with E-state index in [1.165, 1.54) is 28.6 Å². The molecular formula is C15H14N6O4S. The van der Waals surface area contributed by atoms with Gasteiger partial charge in [0.15, 0.2) is 5.82 Å². The zero-order valence-corrected chi connectivity index (χ0v) is 14.5. The van der Waals surface area contributed by atoms with Gasteiger partial charge < -0.3 is 20.2 Å². The molecule has 0 N–H and O–H groups in total. The van der Waals surface area contributed by atoms with E-state index in [1.807, 2.05) is 0 Å². The molecule has 2 heterocycles. The quantitative estimate of drug-likeness (QED) is 0.402. The maximum absolute atomic E-state index is 11.4. The molecule has 3 rings (SSSR count). The second-order valence-electron chi connectivity index (χ2n) is 5.47. The van der Waals surface area contributed by atoms with Crippen molar-refractivity contribution >= 4 is 24.3 Å². The minimum absolute atomic E-state index is 0.141. The molecule has 0 amide bonds. The van der Waals surface area contributed by atoms with Crippen LogP contribution in [0, 0.1) is 20.2 Å². The lowest BCUT2D eigenvalue weighted by atomic mass is 10.2. The summed E-state index contributed by atoms with van der Waals surface area (Å²) in [6.45, 7) is 0. The van der Waals surface area contributed by atoms with Crippen LogP contribution >= 0.6 is 12.6 Å². The van der Waals surface area contributed by atoms with Gasteiger partial charge >= 0.3 is 11.6 Å². The largest absolute Gasteiger partial charge is 0.358 e. The van der Waals surface area contributed by atoms with Gasteiger partial charge in [-0.25, -0.2) is 14.5 Å². The molecule has 2 aromatic heterocycles. The summed E-state index contributed by atoms with van der Waals surface area (Å²) in [5.41, 5.74) is 0.580. The van der Waals surface area contributed by atoms with Crippen LogP contribution in [-0.2, 0) is 13.5 Å². The Balaban J connectivity index is 1.99. The van der Waals surface area contributed by atoms with E-state index in [-0.39, 0.29) is 18.1 Å². The molecule has 11 heteroatoms. The van der Waals surface area contributed by atoms with Gasteiger partial charge in [0.05, 0.1) is 12.3 Å². The van der Waals surface area contributed by atoms with Crippen molar-refractivity contribution in [2.24, 2.45) is 7.05 Å². The van der Waals surface area contributed by atoms with E-state index >= 15 is 0 Å². The number of nitro groups is 2. The topological polar surface area (TPSA) is 122 Å². The number of hydrogen-bond acceptors (Lipinski definition) is 7. The Morgan fingerprint density at radius 2 is 1.69 bits per heavy atom. The standard InChI is InChI=1S/C15H14N6O4S/c1-18-12(16-8-13(18)20(22)23)7-11(26)15-17-9-14(21(24)25)19(15)10-5-3-2-4-6-10/h2-6,8-9,11,26H,7H2,1H3. The third kappa shape index (κ3) is 3.16. The van der Waals surface area contributed by atoms with Crippen LogP contribution < -0.4 is 0 Å². The lowest BCUT2D eigenvalue weighted by molar-refractivity contribution is -0.391. The van der Waals surface area contributed by atoms with Crippen LogP contribution in [0.5, 0.6) is 0 Å². The van der Waals surface area contributed by atoms with Gasteiger partial charge in [-0.2, -0.15) is 17.2 Å². The molecular weight excluding hydrogens is 360 g/mol. The summed E-state index contributed by atoms with van der Waals surface area (Å²) in [6.07, 6.45) is 2.56. The van der Waals surface area contributed by atoms with Crippen LogP contribution in [0.25, 0.3) is 5.69 Å². The fourth-order valence-corrected chi connectivity index (χ4v) is 2.97. The molecule has 0 aliphatic carbocycles. The molecule has 0 fully saturated rings. The number of thiol groups is 1. The summed E-state index contributed by atoms with van der Waals surface area (Å²) in [6, 6.07) is 8.78. The zero-order chi connectivity index (χ0) is 18.8. The Morgan fingerprint density at radius 1 is 1.08 bits per heavy atom. The van der Waals surface area contributed by atoms with Crippen LogP contribution in [0.2, 0.25) is 0 Å². The average molecular weight is 374 g/mol. The van der Waals surface area contributed by atoms with Gasteiger partial charge in [0.25, 0.3) is 0 Å². The maximum atomic E-state index is 11.4. The van der Waals surface area contributed by atoms with Gasteiger partial charge in [0.2, 0.25) is 5.82 Å². The Labute approximate surface area is 152 Å². The number of imidazole rings is 2. The highest BCUT2D eigenvalue weighted by atomic mass is 32.1. The Morgan fingerprint density at radius 3 is 2.27 bits per heavy atom. The van der Waals surface area contributed by atoms with E-state index in [9.17, 15) is 20.2 Å². The Bertz CT molecular complexity index is 968. The first kappa shape index (κ1) is 17.6. The van der Waals surface area contributed by atoms with Crippen molar-refractivity contribution in [1.29, 1.82) is 0 Å². The fraction of sp³-hybridized carbons (Fsp3) is 0.200. The summed E-state index contributed by atoms with van der Waals surface area (Å²) < 4.78 is 2.77. The van der Waals surface area contributed by atoms with Gasteiger partial charge in [0.1, 0.15) is 18.1 Å². The molecule has 1 unspecified atom stereocenters. The number of aromatic nitrogens is 4. The van der Waals surface area contributed by atoms with Gasteiger partial charge in [-0.15, -0.1) is 0 Å². The molecule has 0 saturated carbocycles. The van der Waals surface area contributed by atoms with Gasteiger partial charge in [-0.05, 0) is 22.0 Å². The average Bonchev–Trinajstić information content (AvgIpc) is 3.20. The third-order valence-corrected chi connectivity index (χ3v) is 4.31. The fourth-order valence-electron chi connectivity index (χ4n) is 2.62. The summed E-state index contributed by atoms with van der Waals surface area (Å²) >= 11 is 4.51. The molecule has 10 nitrogen and oxygen atoms in total. The van der Waals surface area contributed by atoms with Crippen molar-refractivity contribution < 1.29 is 9.85 Å². The van der Waals surface area contributed by atoms with E-state index in [0.29, 0.717) is 17.3 Å². The van der Waals surface area contributed by atoms with Crippen LogP contribution in [0.1, 0.15) is 16.9 Å². The molecule has 1 aromatic carbocycles. The molecule has 1 atom stereocenters. The summed E-state index contributed by atoms with van der Waals surface area (Å²) in [5, 5.41) is 21.7. The van der Waals surface area contributed by atoms with Crippen LogP contribution in [-0.4, -0.2) is 28.9 Å². The second-order valence-corrected chi connectivity index (χ2v) is 6.09. The minimum Gasteiger partial charge on any atom is -0.358 e. The van der Waals surface area contributed by atoms with Gasteiger partial charge in [-0.1, -0.05) is 18.2 Å². The van der Waals surface area contributed by atoms with Crippen molar-refractivity contribution in [3.63, 3.8) is 0 Å². The van der Waals surface area contributed by atoms with Crippen LogP contribution in [0.3, 0.4) is 0 Å². The van der Waals surface area contributed by atoms with Crippen LogP contribution in [0.4, 0.5) is 11.6 Å². The summed E-state index contributed by atoms with van der Waals surface area (Å²) in [7, 11) is 1.53. The second kappa shape index (κ2) is 6.96. The van der Waals surface area contributed by atoms with Crippen molar-refractivity contribution in [3.8, 4) is 5.69 Å². The molecule has 0 spiro atoms. The molecule has 0 saturated heterocycles.